The maximum atomic E-state index is 10.4. The highest BCUT2D eigenvalue weighted by atomic mass is 35.5. The third-order valence-electron chi connectivity index (χ3n) is 1.18. The van der Waals surface area contributed by atoms with Crippen molar-refractivity contribution in [3.05, 3.63) is 0 Å². The number of hydrogen-bond donors (Lipinski definition) is 1. The lowest BCUT2D eigenvalue weighted by Crippen LogP contribution is -2.15. The molecule has 0 saturated carbocycles. The van der Waals surface area contributed by atoms with Crippen LogP contribution in [0.2, 0.25) is 0 Å². The summed E-state index contributed by atoms with van der Waals surface area (Å²) >= 11 is 9.80. The zero-order valence-electron chi connectivity index (χ0n) is 7.14. The number of aliphatic carboxylic acids is 1. The normalized spacial score (nSPS) is 12.7. The summed E-state index contributed by atoms with van der Waals surface area (Å²) in [5, 5.41) is 15.4. The molecule has 4 nitrogen and oxygen atoms in total. The first-order valence-electron chi connectivity index (χ1n) is 3.50. The summed E-state index contributed by atoms with van der Waals surface area (Å²) in [6.07, 6.45) is 1.91. The molecule has 0 fully saturated rings. The van der Waals surface area contributed by atoms with Gasteiger partial charge in [-0.05, 0) is 6.26 Å². The molecule has 0 bridgehead atoms. The minimum Gasteiger partial charge on any atom is -0.480 e. The van der Waals surface area contributed by atoms with Crippen molar-refractivity contribution in [1.29, 1.82) is 0 Å². The quantitative estimate of drug-likeness (QED) is 0.653. The Morgan fingerprint density at radius 3 is 2.79 bits per heavy atom. The average Bonchev–Trinajstić information content (AvgIpc) is 2.61. The van der Waals surface area contributed by atoms with Crippen LogP contribution < -0.4 is 0 Å². The zero-order valence-corrected chi connectivity index (χ0v) is 10.3. The van der Waals surface area contributed by atoms with Gasteiger partial charge in [-0.3, -0.25) is 4.79 Å². The highest BCUT2D eigenvalue weighted by Crippen LogP contribution is 2.28. The molecular weight excluding hydrogens is 264 g/mol. The predicted octanol–water partition coefficient (Wildman–Crippen LogP) is 2.04. The SMILES string of the molecule is CSc1nnc(SCC(Cl)C(=O)O)s1. The number of carboxylic acids is 1. The van der Waals surface area contributed by atoms with Crippen LogP contribution >= 0.6 is 46.5 Å². The molecular formula is C6H7ClN2O2S3. The summed E-state index contributed by atoms with van der Waals surface area (Å²) < 4.78 is 1.62. The van der Waals surface area contributed by atoms with Crippen LogP contribution in [0.1, 0.15) is 0 Å². The molecule has 0 aliphatic rings. The number of rotatable bonds is 5. The average molecular weight is 271 g/mol. The summed E-state index contributed by atoms with van der Waals surface area (Å²) in [7, 11) is 0. The van der Waals surface area contributed by atoms with Crippen molar-refractivity contribution in [3.63, 3.8) is 0 Å². The zero-order chi connectivity index (χ0) is 10.6. The second kappa shape index (κ2) is 5.79. The van der Waals surface area contributed by atoms with Crippen molar-refractivity contribution >= 4 is 52.4 Å². The van der Waals surface area contributed by atoms with Gasteiger partial charge in [-0.1, -0.05) is 34.9 Å². The molecule has 1 unspecified atom stereocenters. The lowest BCUT2D eigenvalue weighted by Gasteiger charge is -1.99. The van der Waals surface area contributed by atoms with Crippen molar-refractivity contribution in [2.45, 2.75) is 14.1 Å². The molecule has 1 aromatic rings. The molecule has 1 heterocycles. The van der Waals surface area contributed by atoms with Crippen LogP contribution in [0.15, 0.2) is 8.68 Å². The number of carboxylic acid groups (broad SMARTS) is 1. The summed E-state index contributed by atoms with van der Waals surface area (Å²) in [4.78, 5) is 10.4. The smallest absolute Gasteiger partial charge is 0.322 e. The molecule has 14 heavy (non-hydrogen) atoms. The van der Waals surface area contributed by atoms with E-state index in [2.05, 4.69) is 10.2 Å². The highest BCUT2D eigenvalue weighted by molar-refractivity contribution is 8.03. The fourth-order valence-corrected chi connectivity index (χ4v) is 3.11. The van der Waals surface area contributed by atoms with Crippen LogP contribution in [0, 0.1) is 0 Å². The van der Waals surface area contributed by atoms with Crippen LogP contribution in [0.4, 0.5) is 0 Å². The van der Waals surface area contributed by atoms with Gasteiger partial charge in [-0.15, -0.1) is 21.8 Å². The molecule has 0 radical (unpaired) electrons. The largest absolute Gasteiger partial charge is 0.480 e. The van der Waals surface area contributed by atoms with Crippen LogP contribution in [0.25, 0.3) is 0 Å². The standard InChI is InChI=1S/C6H7ClN2O2S3/c1-12-5-8-9-6(14-5)13-2-3(7)4(10)11/h3H,2H2,1H3,(H,10,11). The molecule has 0 aliphatic heterocycles. The van der Waals surface area contributed by atoms with Gasteiger partial charge < -0.3 is 5.11 Å². The van der Waals surface area contributed by atoms with Crippen LogP contribution in [-0.4, -0.2) is 38.7 Å². The molecule has 78 valence electrons. The van der Waals surface area contributed by atoms with Gasteiger partial charge in [-0.2, -0.15) is 0 Å². The molecule has 1 aromatic heterocycles. The van der Waals surface area contributed by atoms with E-state index in [9.17, 15) is 4.79 Å². The first-order chi connectivity index (χ1) is 6.63. The van der Waals surface area contributed by atoms with Gasteiger partial charge in [-0.25, -0.2) is 0 Å². The van der Waals surface area contributed by atoms with Crippen molar-refractivity contribution in [2.24, 2.45) is 0 Å². The molecule has 0 spiro atoms. The van der Waals surface area contributed by atoms with Crippen LogP contribution in [0.3, 0.4) is 0 Å². The number of hydrogen-bond acceptors (Lipinski definition) is 6. The fraction of sp³-hybridized carbons (Fsp3) is 0.500. The summed E-state index contributed by atoms with van der Waals surface area (Å²) in [5.74, 6) is -0.700. The third-order valence-corrected chi connectivity index (χ3v) is 4.83. The topological polar surface area (TPSA) is 63.1 Å². The van der Waals surface area contributed by atoms with Crippen molar-refractivity contribution in [3.8, 4) is 0 Å². The second-order valence-corrected chi connectivity index (χ2v) is 5.98. The number of thioether (sulfide) groups is 2. The van der Waals surface area contributed by atoms with E-state index < -0.39 is 11.3 Å². The van der Waals surface area contributed by atoms with E-state index in [1.165, 1.54) is 34.9 Å². The Kier molecular flexibility index (Phi) is 5.00. The summed E-state index contributed by atoms with van der Waals surface area (Å²) in [6.45, 7) is 0. The minimum atomic E-state index is -1.01. The van der Waals surface area contributed by atoms with Crippen LogP contribution in [0.5, 0.6) is 0 Å². The van der Waals surface area contributed by atoms with Gasteiger partial charge in [0.15, 0.2) is 8.68 Å². The Labute approximate surface area is 98.4 Å². The van der Waals surface area contributed by atoms with Gasteiger partial charge in [0, 0.05) is 5.75 Å². The number of aromatic nitrogens is 2. The molecule has 0 amide bonds. The monoisotopic (exact) mass is 270 g/mol. The number of carbonyl (C=O) groups is 1. The van der Waals surface area contributed by atoms with E-state index in [0.29, 0.717) is 5.75 Å². The van der Waals surface area contributed by atoms with E-state index >= 15 is 0 Å². The Bertz CT molecular complexity index is 320. The molecule has 1 rings (SSSR count). The van der Waals surface area contributed by atoms with Gasteiger partial charge in [0.25, 0.3) is 0 Å². The van der Waals surface area contributed by atoms with Gasteiger partial charge in [0.05, 0.1) is 0 Å². The molecule has 8 heteroatoms. The lowest BCUT2D eigenvalue weighted by molar-refractivity contribution is -0.136. The van der Waals surface area contributed by atoms with Gasteiger partial charge in [0.2, 0.25) is 0 Å². The number of alkyl halides is 1. The number of halogens is 1. The fourth-order valence-electron chi connectivity index (χ4n) is 0.554. The third kappa shape index (κ3) is 3.64. The Hall–Kier alpha value is 0.0200. The first kappa shape index (κ1) is 12.1. The van der Waals surface area contributed by atoms with E-state index in [4.69, 9.17) is 16.7 Å². The van der Waals surface area contributed by atoms with Crippen LogP contribution in [-0.2, 0) is 4.79 Å². The minimum absolute atomic E-state index is 0.305. The maximum Gasteiger partial charge on any atom is 0.322 e. The maximum absolute atomic E-state index is 10.4. The second-order valence-electron chi connectivity index (χ2n) is 2.15. The van der Waals surface area contributed by atoms with E-state index in [1.54, 1.807) is 0 Å². The van der Waals surface area contributed by atoms with Crippen molar-refractivity contribution in [1.82, 2.24) is 10.2 Å². The Balaban J connectivity index is 2.41. The molecule has 1 N–H and O–H groups in total. The van der Waals surface area contributed by atoms with E-state index in [1.807, 2.05) is 6.26 Å². The highest BCUT2D eigenvalue weighted by Gasteiger charge is 2.15. The molecule has 0 saturated heterocycles. The van der Waals surface area contributed by atoms with Gasteiger partial charge in [0.1, 0.15) is 5.38 Å². The number of nitrogens with zero attached hydrogens (tertiary/aromatic N) is 2. The predicted molar refractivity (Wildman–Crippen MR) is 59.7 cm³/mol. The Morgan fingerprint density at radius 2 is 2.29 bits per heavy atom. The van der Waals surface area contributed by atoms with Crippen molar-refractivity contribution in [2.75, 3.05) is 12.0 Å². The molecule has 1 atom stereocenters. The molecule has 0 aromatic carbocycles. The van der Waals surface area contributed by atoms with Gasteiger partial charge >= 0.3 is 5.97 Å². The summed E-state index contributed by atoms with van der Waals surface area (Å²) in [6, 6.07) is 0. The van der Waals surface area contributed by atoms with E-state index in [0.717, 1.165) is 8.68 Å². The lowest BCUT2D eigenvalue weighted by atomic mass is 10.5. The van der Waals surface area contributed by atoms with E-state index in [-0.39, 0.29) is 0 Å². The van der Waals surface area contributed by atoms with Crippen molar-refractivity contribution < 1.29 is 9.90 Å². The molecule has 0 aliphatic carbocycles. The first-order valence-corrected chi connectivity index (χ1v) is 6.97. The summed E-state index contributed by atoms with van der Waals surface area (Å²) in [5.41, 5.74) is 0. The Morgan fingerprint density at radius 1 is 1.64 bits per heavy atom.